The van der Waals surface area contributed by atoms with Gasteiger partial charge in [0.2, 0.25) is 0 Å². The van der Waals surface area contributed by atoms with E-state index >= 15 is 0 Å². The van der Waals surface area contributed by atoms with E-state index in [2.05, 4.69) is 6.58 Å². The Hall–Kier alpha value is -1.84. The van der Waals surface area contributed by atoms with E-state index in [0.717, 1.165) is 24.3 Å². The fourth-order valence-corrected chi connectivity index (χ4v) is 1.32. The largest absolute Gasteiger partial charge is 0.416 e. The number of carbonyl (C=O) groups excluding carboxylic acids is 1. The van der Waals surface area contributed by atoms with Crippen molar-refractivity contribution in [3.05, 3.63) is 59.7 Å². The molecule has 0 aromatic heterocycles. The second-order valence-corrected chi connectivity index (χ2v) is 3.35. The van der Waals surface area contributed by atoms with Crippen molar-refractivity contribution in [3.63, 3.8) is 0 Å². The third-order valence-corrected chi connectivity index (χ3v) is 2.27. The molecule has 0 bridgehead atoms. The van der Waals surface area contributed by atoms with Crippen LogP contribution in [0, 0.1) is 0 Å². The van der Waals surface area contributed by atoms with Gasteiger partial charge in [-0.25, -0.2) is 0 Å². The predicted octanol–water partition coefficient (Wildman–Crippen LogP) is 4.02. The second-order valence-electron chi connectivity index (χ2n) is 3.35. The Morgan fingerprint density at radius 3 is 2.12 bits per heavy atom. The zero-order valence-electron chi connectivity index (χ0n) is 9.21. The molecule has 1 nitrogen and oxygen atoms in total. The number of rotatable bonds is 3. The molecule has 17 heavy (non-hydrogen) atoms. The minimum atomic E-state index is -4.39. The summed E-state index contributed by atoms with van der Waals surface area (Å²) in [5.41, 5.74) is -0.189. The van der Waals surface area contributed by atoms with Gasteiger partial charge in [-0.05, 0) is 19.1 Å². The minimum absolute atomic E-state index is 0.214. The number of ketones is 1. The highest BCUT2D eigenvalue weighted by Crippen LogP contribution is 2.29. The zero-order chi connectivity index (χ0) is 13.1. The van der Waals surface area contributed by atoms with Crippen LogP contribution in [0.3, 0.4) is 0 Å². The third kappa shape index (κ3) is 3.06. The maximum Gasteiger partial charge on any atom is 0.416 e. The van der Waals surface area contributed by atoms with Crippen LogP contribution in [0.25, 0.3) is 0 Å². The summed E-state index contributed by atoms with van der Waals surface area (Å²) in [5, 5.41) is 0. The maximum atomic E-state index is 12.3. The minimum Gasteiger partial charge on any atom is -0.289 e. The molecule has 1 rings (SSSR count). The first-order valence-corrected chi connectivity index (χ1v) is 4.91. The van der Waals surface area contributed by atoms with Crippen molar-refractivity contribution < 1.29 is 18.0 Å². The molecular weight excluding hydrogens is 229 g/mol. The molecule has 0 amide bonds. The Bertz CT molecular complexity index is 453. The molecule has 0 N–H and O–H groups in total. The van der Waals surface area contributed by atoms with Crippen molar-refractivity contribution in [2.45, 2.75) is 13.1 Å². The summed E-state index contributed by atoms with van der Waals surface area (Å²) in [4.78, 5) is 11.7. The van der Waals surface area contributed by atoms with Crippen molar-refractivity contribution >= 4 is 5.78 Å². The molecule has 0 saturated carbocycles. The monoisotopic (exact) mass is 240 g/mol. The van der Waals surface area contributed by atoms with Gasteiger partial charge in [0, 0.05) is 11.1 Å². The highest BCUT2D eigenvalue weighted by Gasteiger charge is 2.30. The molecule has 1 aromatic rings. The lowest BCUT2D eigenvalue weighted by molar-refractivity contribution is -0.137. The lowest BCUT2D eigenvalue weighted by Gasteiger charge is -2.07. The molecule has 4 heteroatoms. The Balaban J connectivity index is 3.04. The Kier molecular flexibility index (Phi) is 3.89. The van der Waals surface area contributed by atoms with Crippen LogP contribution in [-0.4, -0.2) is 5.78 Å². The van der Waals surface area contributed by atoms with E-state index in [4.69, 9.17) is 0 Å². The number of hydrogen-bond acceptors (Lipinski definition) is 1. The van der Waals surface area contributed by atoms with E-state index in [9.17, 15) is 18.0 Å². The molecule has 0 aliphatic heterocycles. The number of carbonyl (C=O) groups is 1. The lowest BCUT2D eigenvalue weighted by atomic mass is 10.0. The molecule has 1 aromatic carbocycles. The molecule has 0 unspecified atom stereocenters. The molecule has 0 heterocycles. The van der Waals surface area contributed by atoms with Crippen LogP contribution in [0.4, 0.5) is 13.2 Å². The van der Waals surface area contributed by atoms with Crippen molar-refractivity contribution in [1.82, 2.24) is 0 Å². The molecule has 0 aliphatic rings. The van der Waals surface area contributed by atoms with Gasteiger partial charge >= 0.3 is 6.18 Å². The Morgan fingerprint density at radius 2 is 1.76 bits per heavy atom. The first-order valence-electron chi connectivity index (χ1n) is 4.91. The van der Waals surface area contributed by atoms with Crippen molar-refractivity contribution in [1.29, 1.82) is 0 Å². The van der Waals surface area contributed by atoms with Gasteiger partial charge < -0.3 is 0 Å². The average Bonchev–Trinajstić information content (AvgIpc) is 2.29. The molecule has 0 atom stereocenters. The number of halogens is 3. The van der Waals surface area contributed by atoms with Gasteiger partial charge in [-0.1, -0.05) is 30.9 Å². The maximum absolute atomic E-state index is 12.3. The van der Waals surface area contributed by atoms with Crippen LogP contribution < -0.4 is 0 Å². The first kappa shape index (κ1) is 13.2. The van der Waals surface area contributed by atoms with E-state index in [0.29, 0.717) is 5.57 Å². The van der Waals surface area contributed by atoms with Gasteiger partial charge in [0.15, 0.2) is 5.78 Å². The molecule has 0 spiro atoms. The van der Waals surface area contributed by atoms with Gasteiger partial charge in [0.05, 0.1) is 5.56 Å². The summed E-state index contributed by atoms with van der Waals surface area (Å²) in [6.45, 7) is 5.13. The number of benzene rings is 1. The van der Waals surface area contributed by atoms with Gasteiger partial charge in [0.25, 0.3) is 0 Å². The summed E-state index contributed by atoms with van der Waals surface area (Å²) in [7, 11) is 0. The SMILES string of the molecule is C=C/C(=C\C)C(=O)c1ccc(C(F)(F)F)cc1. The second kappa shape index (κ2) is 4.99. The highest BCUT2D eigenvalue weighted by molar-refractivity contribution is 6.10. The summed E-state index contributed by atoms with van der Waals surface area (Å²) in [6.07, 6.45) is -1.45. The predicted molar refractivity (Wildman–Crippen MR) is 59.7 cm³/mol. The van der Waals surface area contributed by atoms with E-state index in [1.807, 2.05) is 0 Å². The molecule has 0 radical (unpaired) electrons. The standard InChI is InChI=1S/C13H11F3O/c1-3-9(4-2)12(17)10-5-7-11(8-6-10)13(14,15)16/h3-8H,1H2,2H3/b9-4+. The van der Waals surface area contributed by atoms with E-state index in [1.165, 1.54) is 6.08 Å². The Morgan fingerprint density at radius 1 is 1.24 bits per heavy atom. The van der Waals surface area contributed by atoms with Gasteiger partial charge in [-0.2, -0.15) is 13.2 Å². The van der Waals surface area contributed by atoms with Gasteiger partial charge in [-0.15, -0.1) is 0 Å². The topological polar surface area (TPSA) is 17.1 Å². The van der Waals surface area contributed by atoms with Crippen LogP contribution >= 0.6 is 0 Å². The zero-order valence-corrected chi connectivity index (χ0v) is 9.21. The van der Waals surface area contributed by atoms with Crippen LogP contribution in [0.5, 0.6) is 0 Å². The first-order chi connectivity index (χ1) is 7.90. The van der Waals surface area contributed by atoms with E-state index < -0.39 is 11.7 Å². The number of alkyl halides is 3. The smallest absolute Gasteiger partial charge is 0.289 e. The Labute approximate surface area is 97.3 Å². The highest BCUT2D eigenvalue weighted by atomic mass is 19.4. The summed E-state index contributed by atoms with van der Waals surface area (Å²) >= 11 is 0. The summed E-state index contributed by atoms with van der Waals surface area (Å²) in [5.74, 6) is -0.337. The normalized spacial score (nSPS) is 12.4. The fourth-order valence-electron chi connectivity index (χ4n) is 1.32. The van der Waals surface area contributed by atoms with Crippen molar-refractivity contribution in [2.75, 3.05) is 0 Å². The third-order valence-electron chi connectivity index (χ3n) is 2.27. The van der Waals surface area contributed by atoms with E-state index in [-0.39, 0.29) is 11.3 Å². The number of allylic oxidation sites excluding steroid dienone is 3. The number of hydrogen-bond donors (Lipinski definition) is 0. The molecule has 0 fully saturated rings. The van der Waals surface area contributed by atoms with Gasteiger partial charge in [-0.3, -0.25) is 4.79 Å². The van der Waals surface area contributed by atoms with E-state index in [1.54, 1.807) is 13.0 Å². The molecule has 0 aliphatic carbocycles. The van der Waals surface area contributed by atoms with Crippen LogP contribution in [0.15, 0.2) is 48.6 Å². The molecule has 90 valence electrons. The van der Waals surface area contributed by atoms with Crippen molar-refractivity contribution in [3.8, 4) is 0 Å². The van der Waals surface area contributed by atoms with Crippen LogP contribution in [0.2, 0.25) is 0 Å². The van der Waals surface area contributed by atoms with Crippen LogP contribution in [0.1, 0.15) is 22.8 Å². The number of Topliss-reactive ketones (excluding diaryl/α,β-unsaturated/α-hetero) is 1. The summed E-state index contributed by atoms with van der Waals surface area (Å²) in [6, 6.07) is 4.11. The molecule has 0 saturated heterocycles. The average molecular weight is 240 g/mol. The van der Waals surface area contributed by atoms with Gasteiger partial charge in [0.1, 0.15) is 0 Å². The van der Waals surface area contributed by atoms with Crippen molar-refractivity contribution in [2.24, 2.45) is 0 Å². The molecular formula is C13H11F3O. The quantitative estimate of drug-likeness (QED) is 0.443. The van der Waals surface area contributed by atoms with Crippen LogP contribution in [-0.2, 0) is 6.18 Å². The summed E-state index contributed by atoms with van der Waals surface area (Å²) < 4.78 is 36.9. The fraction of sp³-hybridized carbons (Fsp3) is 0.154. The lowest BCUT2D eigenvalue weighted by Crippen LogP contribution is -2.06.